The van der Waals surface area contributed by atoms with Crippen molar-refractivity contribution in [3.63, 3.8) is 0 Å². The van der Waals surface area contributed by atoms with E-state index in [1.807, 2.05) is 30.0 Å². The second-order valence-electron chi connectivity index (χ2n) is 4.96. The van der Waals surface area contributed by atoms with Crippen LogP contribution in [-0.4, -0.2) is 15.9 Å². The first kappa shape index (κ1) is 13.8. The van der Waals surface area contributed by atoms with Gasteiger partial charge in [0.25, 0.3) is 5.69 Å². The van der Waals surface area contributed by atoms with Gasteiger partial charge in [-0.05, 0) is 29.8 Å². The van der Waals surface area contributed by atoms with Gasteiger partial charge >= 0.3 is 0 Å². The fourth-order valence-electron chi connectivity index (χ4n) is 2.33. The van der Waals surface area contributed by atoms with E-state index in [1.165, 1.54) is 17.0 Å². The predicted molar refractivity (Wildman–Crippen MR) is 85.7 cm³/mol. The van der Waals surface area contributed by atoms with Crippen LogP contribution in [0.3, 0.4) is 0 Å². The van der Waals surface area contributed by atoms with Crippen LogP contribution in [0.2, 0.25) is 0 Å². The van der Waals surface area contributed by atoms with Gasteiger partial charge in [-0.15, -0.1) is 11.8 Å². The summed E-state index contributed by atoms with van der Waals surface area (Å²) in [5.74, 6) is 0. The number of para-hydroxylation sites is 1. The smallest absolute Gasteiger partial charge is 0.258 e. The Balaban J connectivity index is 2.01. The third-order valence-corrected chi connectivity index (χ3v) is 4.51. The summed E-state index contributed by atoms with van der Waals surface area (Å²) in [7, 11) is 0. The van der Waals surface area contributed by atoms with Gasteiger partial charge in [0.2, 0.25) is 0 Å². The molecule has 1 aliphatic rings. The Labute approximate surface area is 127 Å². The lowest BCUT2D eigenvalue weighted by Crippen LogP contribution is -2.07. The molecule has 1 atom stereocenters. The molecule has 0 fully saturated rings. The van der Waals surface area contributed by atoms with Crippen LogP contribution in [0.25, 0.3) is 0 Å². The Bertz CT molecular complexity index is 710. The quantitative estimate of drug-likeness (QED) is 0.601. The number of nitrogens with zero attached hydrogens (tertiary/aromatic N) is 2. The molecular formula is C16H14N2O2S. The average Bonchev–Trinajstić information content (AvgIpc) is 2.65. The number of fused-ring (bicyclic) bond motifs is 1. The van der Waals surface area contributed by atoms with Gasteiger partial charge in [-0.25, -0.2) is 0 Å². The van der Waals surface area contributed by atoms with Crippen LogP contribution in [0.15, 0.2) is 58.4 Å². The predicted octanol–water partition coefficient (Wildman–Crippen LogP) is 4.60. The molecule has 0 N–H and O–H groups in total. The minimum Gasteiger partial charge on any atom is -0.258 e. The highest BCUT2D eigenvalue weighted by atomic mass is 32.2. The lowest BCUT2D eigenvalue weighted by Gasteiger charge is -2.09. The Morgan fingerprint density at radius 2 is 1.90 bits per heavy atom. The molecule has 5 heteroatoms. The molecule has 2 aromatic rings. The standard InChI is InChI=1S/C16H14N2O2S/c1-11-10-15(12-6-8-13(9-7-12)18(19)20)17-14-4-2-3-5-16(14)21-11/h2-9,11H,10H2,1H3/t11-/m0/s1. The van der Waals surface area contributed by atoms with Crippen molar-refractivity contribution in [3.05, 3.63) is 64.2 Å². The van der Waals surface area contributed by atoms with E-state index in [9.17, 15) is 10.1 Å². The zero-order chi connectivity index (χ0) is 14.8. The van der Waals surface area contributed by atoms with Gasteiger partial charge in [-0.1, -0.05) is 19.1 Å². The molecule has 0 unspecified atom stereocenters. The molecule has 0 spiro atoms. The van der Waals surface area contributed by atoms with E-state index in [-0.39, 0.29) is 10.6 Å². The van der Waals surface area contributed by atoms with Crippen LogP contribution in [-0.2, 0) is 0 Å². The van der Waals surface area contributed by atoms with Crippen molar-refractivity contribution < 1.29 is 4.92 Å². The molecule has 2 aromatic carbocycles. The first-order valence-corrected chi connectivity index (χ1v) is 7.59. The van der Waals surface area contributed by atoms with E-state index in [1.54, 1.807) is 12.1 Å². The molecule has 0 radical (unpaired) electrons. The first-order valence-electron chi connectivity index (χ1n) is 6.71. The highest BCUT2D eigenvalue weighted by molar-refractivity contribution is 8.00. The van der Waals surface area contributed by atoms with Crippen molar-refractivity contribution in [1.29, 1.82) is 0 Å². The highest BCUT2D eigenvalue weighted by Gasteiger charge is 2.18. The average molecular weight is 298 g/mol. The summed E-state index contributed by atoms with van der Waals surface area (Å²) in [5, 5.41) is 11.2. The lowest BCUT2D eigenvalue weighted by atomic mass is 10.1. The monoisotopic (exact) mass is 298 g/mol. The number of non-ortho nitro benzene ring substituents is 1. The molecule has 0 aromatic heterocycles. The molecule has 1 heterocycles. The summed E-state index contributed by atoms with van der Waals surface area (Å²) in [5.41, 5.74) is 3.01. The minimum absolute atomic E-state index is 0.107. The highest BCUT2D eigenvalue weighted by Crippen LogP contribution is 2.37. The number of benzene rings is 2. The number of hydrogen-bond donors (Lipinski definition) is 0. The van der Waals surface area contributed by atoms with Crippen molar-refractivity contribution in [2.24, 2.45) is 4.99 Å². The summed E-state index contributed by atoms with van der Waals surface area (Å²) in [6.45, 7) is 2.17. The molecule has 1 aliphatic heterocycles. The molecule has 21 heavy (non-hydrogen) atoms. The summed E-state index contributed by atoms with van der Waals surface area (Å²) in [6.07, 6.45) is 0.844. The largest absolute Gasteiger partial charge is 0.269 e. The third kappa shape index (κ3) is 2.97. The lowest BCUT2D eigenvalue weighted by molar-refractivity contribution is -0.384. The molecule has 0 saturated heterocycles. The maximum atomic E-state index is 10.7. The van der Waals surface area contributed by atoms with Crippen molar-refractivity contribution in [1.82, 2.24) is 0 Å². The molecular weight excluding hydrogens is 284 g/mol. The fraction of sp³-hybridized carbons (Fsp3) is 0.188. The minimum atomic E-state index is -0.382. The molecule has 0 aliphatic carbocycles. The Hall–Kier alpha value is -2.14. The van der Waals surface area contributed by atoms with E-state index in [0.717, 1.165) is 23.4 Å². The second kappa shape index (κ2) is 5.69. The summed E-state index contributed by atoms with van der Waals surface area (Å²) < 4.78 is 0. The second-order valence-corrected chi connectivity index (χ2v) is 6.44. The zero-order valence-corrected chi connectivity index (χ0v) is 12.3. The van der Waals surface area contributed by atoms with Crippen LogP contribution in [0.4, 0.5) is 11.4 Å². The SMILES string of the molecule is C[C@H]1CC(c2ccc([N+](=O)[O-])cc2)=Nc2ccccc2S1. The normalized spacial score (nSPS) is 17.6. The number of nitro groups is 1. The van der Waals surface area contributed by atoms with Crippen molar-refractivity contribution in [3.8, 4) is 0 Å². The van der Waals surface area contributed by atoms with E-state index in [2.05, 4.69) is 13.0 Å². The van der Waals surface area contributed by atoms with Crippen LogP contribution in [0.5, 0.6) is 0 Å². The van der Waals surface area contributed by atoms with Crippen LogP contribution in [0, 0.1) is 10.1 Å². The first-order chi connectivity index (χ1) is 10.1. The Kier molecular flexibility index (Phi) is 3.75. The molecule has 3 rings (SSSR count). The topological polar surface area (TPSA) is 55.5 Å². The van der Waals surface area contributed by atoms with Crippen molar-refractivity contribution in [2.75, 3.05) is 0 Å². The molecule has 0 bridgehead atoms. The number of hydrogen-bond acceptors (Lipinski definition) is 4. The third-order valence-electron chi connectivity index (χ3n) is 3.34. The van der Waals surface area contributed by atoms with Crippen LogP contribution < -0.4 is 0 Å². The van der Waals surface area contributed by atoms with E-state index in [0.29, 0.717) is 5.25 Å². The summed E-state index contributed by atoms with van der Waals surface area (Å²) >= 11 is 1.82. The maximum Gasteiger partial charge on any atom is 0.269 e. The van der Waals surface area contributed by atoms with Crippen molar-refractivity contribution >= 4 is 28.8 Å². The molecule has 106 valence electrons. The molecule has 0 amide bonds. The van der Waals surface area contributed by atoms with Gasteiger partial charge < -0.3 is 0 Å². The maximum absolute atomic E-state index is 10.7. The fourth-order valence-corrected chi connectivity index (χ4v) is 3.40. The van der Waals surface area contributed by atoms with E-state index in [4.69, 9.17) is 4.99 Å². The van der Waals surface area contributed by atoms with Crippen LogP contribution in [0.1, 0.15) is 18.9 Å². The van der Waals surface area contributed by atoms with E-state index < -0.39 is 0 Å². The molecule has 4 nitrogen and oxygen atoms in total. The summed E-state index contributed by atoms with van der Waals surface area (Å²) in [6, 6.07) is 14.7. The van der Waals surface area contributed by atoms with E-state index >= 15 is 0 Å². The number of nitro benzene ring substituents is 1. The summed E-state index contributed by atoms with van der Waals surface area (Å²) in [4.78, 5) is 16.3. The zero-order valence-electron chi connectivity index (χ0n) is 11.5. The van der Waals surface area contributed by atoms with Gasteiger partial charge in [-0.3, -0.25) is 15.1 Å². The number of rotatable bonds is 2. The van der Waals surface area contributed by atoms with Gasteiger partial charge in [0.15, 0.2) is 0 Å². The van der Waals surface area contributed by atoms with Gasteiger partial charge in [0.05, 0.1) is 10.6 Å². The molecule has 0 saturated carbocycles. The van der Waals surface area contributed by atoms with Gasteiger partial charge in [-0.2, -0.15) is 0 Å². The van der Waals surface area contributed by atoms with Crippen LogP contribution >= 0.6 is 11.8 Å². The van der Waals surface area contributed by atoms with Gasteiger partial charge in [0.1, 0.15) is 0 Å². The Morgan fingerprint density at radius 3 is 2.62 bits per heavy atom. The Morgan fingerprint density at radius 1 is 1.19 bits per heavy atom. The van der Waals surface area contributed by atoms with Crippen molar-refractivity contribution in [2.45, 2.75) is 23.5 Å². The number of thioether (sulfide) groups is 1. The van der Waals surface area contributed by atoms with Gasteiger partial charge in [0, 0.05) is 34.4 Å². The number of aliphatic imine (C=N–C) groups is 1.